The van der Waals surface area contributed by atoms with Crippen molar-refractivity contribution >= 4 is 0 Å². The maximum atomic E-state index is 9.15. The molecule has 0 fully saturated rings. The molecule has 0 saturated carbocycles. The fraction of sp³-hybridized carbons (Fsp3) is 0.625. The number of nitrogens with zero attached hydrogens (tertiary/aromatic N) is 1. The molecule has 0 radical (unpaired) electrons. The van der Waals surface area contributed by atoms with Crippen LogP contribution >= 0.6 is 0 Å². The minimum absolute atomic E-state index is 0.244. The summed E-state index contributed by atoms with van der Waals surface area (Å²) in [5.74, 6) is 0.559. The van der Waals surface area contributed by atoms with Gasteiger partial charge in [0.1, 0.15) is 0 Å². The van der Waals surface area contributed by atoms with E-state index in [9.17, 15) is 0 Å². The second kappa shape index (κ2) is 8.28. The standard InChI is InChI=1S/C16H27NO/c1-4-5-10-17(11-12-18)13-15-8-6-7-9-16(15)14(2)3/h6-9,14,18H,4-5,10-13H2,1-3H3. The van der Waals surface area contributed by atoms with Crippen LogP contribution in [0, 0.1) is 0 Å². The van der Waals surface area contributed by atoms with Gasteiger partial charge in [-0.05, 0) is 30.0 Å². The molecule has 0 saturated heterocycles. The normalized spacial score (nSPS) is 11.4. The van der Waals surface area contributed by atoms with Gasteiger partial charge < -0.3 is 5.11 Å². The number of hydrogen-bond acceptors (Lipinski definition) is 2. The van der Waals surface area contributed by atoms with Crippen LogP contribution in [0.15, 0.2) is 24.3 Å². The van der Waals surface area contributed by atoms with Gasteiger partial charge >= 0.3 is 0 Å². The summed E-state index contributed by atoms with van der Waals surface area (Å²) < 4.78 is 0. The van der Waals surface area contributed by atoms with Crippen molar-refractivity contribution in [3.05, 3.63) is 35.4 Å². The molecule has 0 aliphatic rings. The van der Waals surface area contributed by atoms with Gasteiger partial charge in [-0.25, -0.2) is 0 Å². The van der Waals surface area contributed by atoms with Gasteiger partial charge in [0, 0.05) is 13.1 Å². The van der Waals surface area contributed by atoms with E-state index in [1.165, 1.54) is 24.0 Å². The topological polar surface area (TPSA) is 23.5 Å². The summed E-state index contributed by atoms with van der Waals surface area (Å²) >= 11 is 0. The van der Waals surface area contributed by atoms with Gasteiger partial charge in [0.25, 0.3) is 0 Å². The Kier molecular flexibility index (Phi) is 6.99. The van der Waals surface area contributed by atoms with Crippen molar-refractivity contribution in [1.82, 2.24) is 4.90 Å². The van der Waals surface area contributed by atoms with Crippen LogP contribution in [-0.4, -0.2) is 29.7 Å². The number of benzene rings is 1. The van der Waals surface area contributed by atoms with E-state index >= 15 is 0 Å². The highest BCUT2D eigenvalue weighted by molar-refractivity contribution is 5.29. The first-order valence-corrected chi connectivity index (χ1v) is 7.10. The maximum absolute atomic E-state index is 9.15. The first-order chi connectivity index (χ1) is 8.69. The average Bonchev–Trinajstić information content (AvgIpc) is 2.36. The zero-order valence-electron chi connectivity index (χ0n) is 12.0. The molecule has 2 heteroatoms. The molecule has 0 heterocycles. The molecule has 0 aliphatic carbocycles. The van der Waals surface area contributed by atoms with E-state index in [-0.39, 0.29) is 6.61 Å². The van der Waals surface area contributed by atoms with Crippen molar-refractivity contribution in [1.29, 1.82) is 0 Å². The molecule has 0 atom stereocenters. The fourth-order valence-electron chi connectivity index (χ4n) is 2.28. The number of rotatable bonds is 8. The molecule has 1 N–H and O–H groups in total. The quantitative estimate of drug-likeness (QED) is 0.763. The van der Waals surface area contributed by atoms with E-state index in [0.717, 1.165) is 19.6 Å². The molecule has 1 rings (SSSR count). The third kappa shape index (κ3) is 4.79. The minimum atomic E-state index is 0.244. The van der Waals surface area contributed by atoms with Gasteiger partial charge in [0.15, 0.2) is 0 Å². The highest BCUT2D eigenvalue weighted by Gasteiger charge is 2.10. The number of aliphatic hydroxyl groups excluding tert-OH is 1. The second-order valence-electron chi connectivity index (χ2n) is 5.21. The van der Waals surface area contributed by atoms with Gasteiger partial charge in [-0.15, -0.1) is 0 Å². The van der Waals surface area contributed by atoms with Crippen LogP contribution in [-0.2, 0) is 6.54 Å². The molecule has 0 unspecified atom stereocenters. The summed E-state index contributed by atoms with van der Waals surface area (Å²) in [5, 5.41) is 9.15. The number of hydrogen-bond donors (Lipinski definition) is 1. The molecule has 2 nitrogen and oxygen atoms in total. The molecule has 1 aromatic rings. The molecular formula is C16H27NO. The lowest BCUT2D eigenvalue weighted by Crippen LogP contribution is -2.28. The maximum Gasteiger partial charge on any atom is 0.0558 e. The second-order valence-corrected chi connectivity index (χ2v) is 5.21. The van der Waals surface area contributed by atoms with Crippen LogP contribution in [0.3, 0.4) is 0 Å². The third-order valence-corrected chi connectivity index (χ3v) is 3.32. The molecular weight excluding hydrogens is 222 g/mol. The van der Waals surface area contributed by atoms with E-state index in [1.807, 2.05) is 0 Å². The van der Waals surface area contributed by atoms with Crippen molar-refractivity contribution in [3.8, 4) is 0 Å². The lowest BCUT2D eigenvalue weighted by Gasteiger charge is -2.23. The van der Waals surface area contributed by atoms with E-state index in [4.69, 9.17) is 5.11 Å². The largest absolute Gasteiger partial charge is 0.395 e. The van der Waals surface area contributed by atoms with Gasteiger partial charge in [0.05, 0.1) is 6.61 Å². The Labute approximate surface area is 112 Å². The van der Waals surface area contributed by atoms with Gasteiger partial charge in [0.2, 0.25) is 0 Å². The van der Waals surface area contributed by atoms with E-state index in [0.29, 0.717) is 5.92 Å². The Hall–Kier alpha value is -0.860. The molecule has 0 aliphatic heterocycles. The van der Waals surface area contributed by atoms with Gasteiger partial charge in [-0.2, -0.15) is 0 Å². The molecule has 0 amide bonds. The highest BCUT2D eigenvalue weighted by Crippen LogP contribution is 2.20. The Bertz CT molecular complexity index is 336. The molecule has 0 spiro atoms. The lowest BCUT2D eigenvalue weighted by atomic mass is 9.97. The number of aliphatic hydroxyl groups is 1. The Morgan fingerprint density at radius 1 is 1.17 bits per heavy atom. The van der Waals surface area contributed by atoms with Crippen LogP contribution in [0.5, 0.6) is 0 Å². The van der Waals surface area contributed by atoms with E-state index in [2.05, 4.69) is 49.9 Å². The zero-order valence-corrected chi connectivity index (χ0v) is 12.0. The fourth-order valence-corrected chi connectivity index (χ4v) is 2.28. The predicted molar refractivity (Wildman–Crippen MR) is 77.8 cm³/mol. The van der Waals surface area contributed by atoms with Crippen molar-refractivity contribution in [3.63, 3.8) is 0 Å². The van der Waals surface area contributed by atoms with Gasteiger partial charge in [-0.3, -0.25) is 4.90 Å². The summed E-state index contributed by atoms with van der Waals surface area (Å²) in [6, 6.07) is 8.65. The van der Waals surface area contributed by atoms with E-state index in [1.54, 1.807) is 0 Å². The smallest absolute Gasteiger partial charge is 0.0558 e. The minimum Gasteiger partial charge on any atom is -0.395 e. The van der Waals surface area contributed by atoms with Crippen molar-refractivity contribution in [2.75, 3.05) is 19.7 Å². The Morgan fingerprint density at radius 2 is 1.89 bits per heavy atom. The van der Waals surface area contributed by atoms with E-state index < -0.39 is 0 Å². The zero-order chi connectivity index (χ0) is 13.4. The van der Waals surface area contributed by atoms with Crippen LogP contribution in [0.4, 0.5) is 0 Å². The molecule has 0 aromatic heterocycles. The first-order valence-electron chi connectivity index (χ1n) is 7.10. The summed E-state index contributed by atoms with van der Waals surface area (Å²) in [4.78, 5) is 2.35. The van der Waals surface area contributed by atoms with Gasteiger partial charge in [-0.1, -0.05) is 51.5 Å². The van der Waals surface area contributed by atoms with Crippen LogP contribution in [0.1, 0.15) is 50.7 Å². The molecule has 18 heavy (non-hydrogen) atoms. The van der Waals surface area contributed by atoms with Crippen molar-refractivity contribution in [2.24, 2.45) is 0 Å². The van der Waals surface area contributed by atoms with Crippen molar-refractivity contribution < 1.29 is 5.11 Å². The SMILES string of the molecule is CCCCN(CCO)Cc1ccccc1C(C)C. The molecule has 102 valence electrons. The Balaban J connectivity index is 2.73. The monoisotopic (exact) mass is 249 g/mol. The first kappa shape index (κ1) is 15.2. The molecule has 1 aromatic carbocycles. The molecule has 0 bridgehead atoms. The summed E-state index contributed by atoms with van der Waals surface area (Å²) in [6.07, 6.45) is 2.40. The average molecular weight is 249 g/mol. The third-order valence-electron chi connectivity index (χ3n) is 3.32. The summed E-state index contributed by atoms with van der Waals surface area (Å²) in [6.45, 7) is 9.72. The van der Waals surface area contributed by atoms with Crippen LogP contribution < -0.4 is 0 Å². The van der Waals surface area contributed by atoms with Crippen molar-refractivity contribution in [2.45, 2.75) is 46.1 Å². The summed E-state index contributed by atoms with van der Waals surface area (Å²) in [5.41, 5.74) is 2.83. The van der Waals surface area contributed by atoms with Crippen LogP contribution in [0.25, 0.3) is 0 Å². The highest BCUT2D eigenvalue weighted by atomic mass is 16.3. The Morgan fingerprint density at radius 3 is 2.50 bits per heavy atom. The summed E-state index contributed by atoms with van der Waals surface area (Å²) in [7, 11) is 0. The van der Waals surface area contributed by atoms with Crippen LogP contribution in [0.2, 0.25) is 0 Å². The number of unbranched alkanes of at least 4 members (excludes halogenated alkanes) is 1. The lowest BCUT2D eigenvalue weighted by molar-refractivity contribution is 0.188. The predicted octanol–water partition coefficient (Wildman–Crippen LogP) is 3.40.